The van der Waals surface area contributed by atoms with E-state index in [9.17, 15) is 21.6 Å². The molecule has 3 aromatic rings. The largest absolute Gasteiger partial charge is 0.302 e. The summed E-state index contributed by atoms with van der Waals surface area (Å²) in [5, 5.41) is 0.373. The number of hydrogen-bond donors (Lipinski definition) is 0. The first-order valence-corrected chi connectivity index (χ1v) is 16.6. The number of sulfone groups is 1. The summed E-state index contributed by atoms with van der Waals surface area (Å²) in [6.45, 7) is 14.1. The third kappa shape index (κ3) is 7.00. The van der Waals surface area contributed by atoms with E-state index in [1.54, 1.807) is 12.1 Å². The topological polar surface area (TPSA) is 108 Å². The summed E-state index contributed by atoms with van der Waals surface area (Å²) in [6, 6.07) is 10.7. The number of sulfonamides is 1. The summed E-state index contributed by atoms with van der Waals surface area (Å²) in [5.74, 6) is -0.361. The van der Waals surface area contributed by atoms with E-state index in [-0.39, 0.29) is 34.4 Å². The van der Waals surface area contributed by atoms with Crippen LogP contribution in [0.25, 0.3) is 10.2 Å². The smallest absolute Gasteiger partial charge is 0.260 e. The molecule has 210 valence electrons. The second-order valence-electron chi connectivity index (χ2n) is 8.78. The summed E-state index contributed by atoms with van der Waals surface area (Å²) in [5.41, 5.74) is 0.613. The van der Waals surface area contributed by atoms with Crippen LogP contribution in [0, 0.1) is 0 Å². The third-order valence-electron chi connectivity index (χ3n) is 6.18. The van der Waals surface area contributed by atoms with Crippen molar-refractivity contribution in [2.24, 2.45) is 0 Å². The van der Waals surface area contributed by atoms with Gasteiger partial charge in [-0.2, -0.15) is 4.31 Å². The van der Waals surface area contributed by atoms with Crippen LogP contribution in [0.5, 0.6) is 0 Å². The van der Waals surface area contributed by atoms with Gasteiger partial charge in [-0.05, 0) is 49.5 Å². The number of carbonyl (C=O) groups is 1. The van der Waals surface area contributed by atoms with Crippen molar-refractivity contribution in [2.45, 2.75) is 23.6 Å². The number of fused-ring (bicyclic) bond motifs is 1. The van der Waals surface area contributed by atoms with E-state index in [4.69, 9.17) is 0 Å². The lowest BCUT2D eigenvalue weighted by molar-refractivity contribution is 0.0983. The molecule has 1 heterocycles. The molecule has 1 aromatic heterocycles. The van der Waals surface area contributed by atoms with Gasteiger partial charge in [0.05, 0.1) is 14.5 Å². The lowest BCUT2D eigenvalue weighted by Crippen LogP contribution is -2.39. The van der Waals surface area contributed by atoms with Crippen LogP contribution in [0.4, 0.5) is 5.13 Å². The summed E-state index contributed by atoms with van der Waals surface area (Å²) in [7, 11) is -7.34. The van der Waals surface area contributed by atoms with E-state index in [1.807, 2.05) is 13.8 Å². The van der Waals surface area contributed by atoms with Crippen molar-refractivity contribution in [3.05, 3.63) is 73.3 Å². The van der Waals surface area contributed by atoms with Crippen LogP contribution in [0.3, 0.4) is 0 Å². The minimum Gasteiger partial charge on any atom is -0.302 e. The number of thiazole rings is 1. The number of carbonyl (C=O) groups excluding carboxylic acids is 1. The molecule has 0 atom stereocenters. The second kappa shape index (κ2) is 13.0. The number of para-hydroxylation sites is 1. The van der Waals surface area contributed by atoms with Gasteiger partial charge in [-0.1, -0.05) is 43.4 Å². The number of benzene rings is 2. The van der Waals surface area contributed by atoms with Gasteiger partial charge in [-0.3, -0.25) is 9.69 Å². The average Bonchev–Trinajstić information content (AvgIpc) is 3.34. The Hall–Kier alpha value is -2.90. The Balaban J connectivity index is 2.02. The molecular formula is C27H34N4O5S3. The van der Waals surface area contributed by atoms with Crippen molar-refractivity contribution in [1.82, 2.24) is 14.2 Å². The first kappa shape index (κ1) is 30.6. The number of amides is 1. The molecule has 0 N–H and O–H groups in total. The van der Waals surface area contributed by atoms with Crippen molar-refractivity contribution in [3.8, 4) is 0 Å². The molecule has 12 heteroatoms. The van der Waals surface area contributed by atoms with Crippen LogP contribution in [0.15, 0.2) is 77.6 Å². The van der Waals surface area contributed by atoms with Gasteiger partial charge >= 0.3 is 0 Å². The Labute approximate surface area is 235 Å². The van der Waals surface area contributed by atoms with E-state index in [1.165, 1.54) is 63.0 Å². The molecule has 0 aliphatic heterocycles. The van der Waals surface area contributed by atoms with E-state index in [0.29, 0.717) is 28.4 Å². The Bertz CT molecular complexity index is 1530. The lowest BCUT2D eigenvalue weighted by atomic mass is 10.2. The molecule has 0 fully saturated rings. The average molecular weight is 591 g/mol. The van der Waals surface area contributed by atoms with Gasteiger partial charge in [0.15, 0.2) is 15.0 Å². The Morgan fingerprint density at radius 2 is 1.56 bits per heavy atom. The van der Waals surface area contributed by atoms with Gasteiger partial charge in [0.2, 0.25) is 10.0 Å². The zero-order valence-corrected chi connectivity index (χ0v) is 24.9. The van der Waals surface area contributed by atoms with Gasteiger partial charge in [-0.15, -0.1) is 13.2 Å². The van der Waals surface area contributed by atoms with Crippen molar-refractivity contribution in [2.75, 3.05) is 50.4 Å². The molecule has 0 aliphatic rings. The summed E-state index contributed by atoms with van der Waals surface area (Å²) >= 11 is 1.24. The highest BCUT2D eigenvalue weighted by molar-refractivity contribution is 7.91. The highest BCUT2D eigenvalue weighted by Crippen LogP contribution is 2.33. The highest BCUT2D eigenvalue weighted by Gasteiger charge is 2.26. The van der Waals surface area contributed by atoms with E-state index < -0.39 is 19.9 Å². The van der Waals surface area contributed by atoms with Crippen molar-refractivity contribution in [1.29, 1.82) is 0 Å². The molecular weight excluding hydrogens is 557 g/mol. The quantitative estimate of drug-likeness (QED) is 0.261. The van der Waals surface area contributed by atoms with Crippen molar-refractivity contribution in [3.63, 3.8) is 0 Å². The maximum Gasteiger partial charge on any atom is 0.260 e. The van der Waals surface area contributed by atoms with E-state index in [0.717, 1.165) is 19.3 Å². The SMILES string of the molecule is C=CCN(CC=C)S(=O)(=O)c1ccc(C(=O)N(CCN(CC)CC)c2nc3c(S(C)(=O)=O)cccc3s2)cc1. The first-order chi connectivity index (χ1) is 18.5. The zero-order valence-electron chi connectivity index (χ0n) is 22.4. The molecule has 3 rings (SSSR count). The highest BCUT2D eigenvalue weighted by atomic mass is 32.2. The van der Waals surface area contributed by atoms with Crippen LogP contribution in [-0.4, -0.2) is 82.5 Å². The van der Waals surface area contributed by atoms with Crippen LogP contribution < -0.4 is 4.90 Å². The maximum atomic E-state index is 13.8. The van der Waals surface area contributed by atoms with E-state index >= 15 is 0 Å². The summed E-state index contributed by atoms with van der Waals surface area (Å²) in [4.78, 5) is 22.2. The zero-order chi connectivity index (χ0) is 28.8. The second-order valence-corrected chi connectivity index (χ2v) is 13.7. The predicted octanol–water partition coefficient (Wildman–Crippen LogP) is 4.05. The fraction of sp³-hybridized carbons (Fsp3) is 0.333. The Kier molecular flexibility index (Phi) is 10.2. The molecule has 0 saturated heterocycles. The van der Waals surface area contributed by atoms with Gasteiger partial charge in [0.1, 0.15) is 5.52 Å². The molecule has 0 radical (unpaired) electrons. The number of likely N-dealkylation sites (N-methyl/N-ethyl adjacent to an activating group) is 1. The fourth-order valence-electron chi connectivity index (χ4n) is 4.02. The molecule has 0 unspecified atom stereocenters. The number of hydrogen-bond acceptors (Lipinski definition) is 8. The van der Waals surface area contributed by atoms with E-state index in [2.05, 4.69) is 23.0 Å². The normalized spacial score (nSPS) is 12.2. The minimum atomic E-state index is -3.81. The molecule has 0 bridgehead atoms. The van der Waals surface area contributed by atoms with Crippen LogP contribution in [-0.2, 0) is 19.9 Å². The number of aromatic nitrogens is 1. The number of nitrogens with zero attached hydrogens (tertiary/aromatic N) is 4. The van der Waals surface area contributed by atoms with Gasteiger partial charge in [0.25, 0.3) is 5.91 Å². The summed E-state index contributed by atoms with van der Waals surface area (Å²) < 4.78 is 52.7. The predicted molar refractivity (Wildman–Crippen MR) is 158 cm³/mol. The molecule has 39 heavy (non-hydrogen) atoms. The van der Waals surface area contributed by atoms with Gasteiger partial charge < -0.3 is 4.90 Å². The molecule has 0 saturated carbocycles. The molecule has 1 amide bonds. The first-order valence-electron chi connectivity index (χ1n) is 12.4. The molecule has 9 nitrogen and oxygen atoms in total. The minimum absolute atomic E-state index is 0.0511. The Morgan fingerprint density at radius 3 is 2.10 bits per heavy atom. The van der Waals surface area contributed by atoms with Gasteiger partial charge in [0, 0.05) is 38.0 Å². The monoisotopic (exact) mass is 590 g/mol. The standard InChI is InChI=1S/C27H34N4O5S3/c1-6-17-30(18-7-2)39(35,36)22-15-13-21(14-16-22)26(32)31(20-19-29(8-3)9-4)27-28-25-23(37-27)11-10-12-24(25)38(5,33)34/h6-7,10-16H,1-2,8-9,17-20H2,3-5H3. The summed E-state index contributed by atoms with van der Waals surface area (Å²) in [6.07, 6.45) is 4.13. The Morgan fingerprint density at radius 1 is 0.949 bits per heavy atom. The third-order valence-corrected chi connectivity index (χ3v) is 10.2. The molecule has 0 spiro atoms. The molecule has 2 aromatic carbocycles. The molecule has 0 aliphatic carbocycles. The number of rotatable bonds is 14. The lowest BCUT2D eigenvalue weighted by Gasteiger charge is -2.25. The van der Waals surface area contributed by atoms with Crippen molar-refractivity contribution < 1.29 is 21.6 Å². The van der Waals surface area contributed by atoms with Crippen LogP contribution >= 0.6 is 11.3 Å². The van der Waals surface area contributed by atoms with Gasteiger partial charge in [-0.25, -0.2) is 21.8 Å². The van der Waals surface area contributed by atoms with Crippen LogP contribution in [0.2, 0.25) is 0 Å². The number of anilines is 1. The van der Waals surface area contributed by atoms with Crippen LogP contribution in [0.1, 0.15) is 24.2 Å². The maximum absolute atomic E-state index is 13.8. The fourth-order valence-corrected chi connectivity index (χ4v) is 7.32. The van der Waals surface area contributed by atoms with Crippen molar-refractivity contribution >= 4 is 52.5 Å².